The van der Waals surface area contributed by atoms with Crippen LogP contribution in [0, 0.1) is 0 Å². The summed E-state index contributed by atoms with van der Waals surface area (Å²) in [6.45, 7) is 5.58. The van der Waals surface area contributed by atoms with Gasteiger partial charge in [0.2, 0.25) is 0 Å². The molecule has 1 aromatic heterocycles. The number of aliphatic hydroxyl groups excluding tert-OH is 1. The second-order valence-electron chi connectivity index (χ2n) is 4.28. The average Bonchev–Trinajstić information content (AvgIpc) is 2.48. The van der Waals surface area contributed by atoms with E-state index in [1.54, 1.807) is 25.1 Å². The van der Waals surface area contributed by atoms with Crippen LogP contribution >= 0.6 is 15.9 Å². The van der Waals surface area contributed by atoms with E-state index in [0.29, 0.717) is 20.9 Å². The first kappa shape index (κ1) is 17.4. The fraction of sp³-hybridized carbons (Fsp3) is 0.333. The molecule has 0 aliphatic heterocycles. The van der Waals surface area contributed by atoms with Crippen LogP contribution in [0.15, 0.2) is 28.9 Å². The zero-order valence-electron chi connectivity index (χ0n) is 12.2. The lowest BCUT2D eigenvalue weighted by molar-refractivity contribution is 0.0922. The van der Waals surface area contributed by atoms with Gasteiger partial charge in [-0.15, -0.1) is 0 Å². The van der Waals surface area contributed by atoms with E-state index in [2.05, 4.69) is 26.2 Å². The summed E-state index contributed by atoms with van der Waals surface area (Å²) >= 11 is 3.30. The molecule has 5 nitrogen and oxygen atoms in total. The monoisotopic (exact) mass is 354 g/mol. The molecule has 0 bridgehead atoms. The van der Waals surface area contributed by atoms with Crippen LogP contribution < -0.4 is 5.32 Å². The molecular formula is C15H19BrN2O3. The third-order valence-electron chi connectivity index (χ3n) is 2.63. The van der Waals surface area contributed by atoms with Gasteiger partial charge in [-0.3, -0.25) is 9.78 Å². The summed E-state index contributed by atoms with van der Waals surface area (Å²) in [4.78, 5) is 16.1. The second kappa shape index (κ2) is 7.95. The van der Waals surface area contributed by atoms with Gasteiger partial charge >= 0.3 is 0 Å². The molecule has 0 aliphatic rings. The highest BCUT2D eigenvalue weighted by molar-refractivity contribution is 9.10. The van der Waals surface area contributed by atoms with E-state index in [9.17, 15) is 9.90 Å². The number of aromatic nitrogens is 1. The third-order valence-corrected chi connectivity index (χ3v) is 3.24. The Morgan fingerprint density at radius 2 is 2.05 bits per heavy atom. The smallest absolute Gasteiger partial charge is 0.253 e. The summed E-state index contributed by atoms with van der Waals surface area (Å²) in [5, 5.41) is 21.7. The van der Waals surface area contributed by atoms with Gasteiger partial charge < -0.3 is 15.5 Å². The predicted molar refractivity (Wildman–Crippen MR) is 86.5 cm³/mol. The highest BCUT2D eigenvalue weighted by Crippen LogP contribution is 2.27. The van der Waals surface area contributed by atoms with E-state index < -0.39 is 0 Å². The number of phenols is 1. The van der Waals surface area contributed by atoms with Gasteiger partial charge in [-0.25, -0.2) is 0 Å². The number of nitrogens with one attached hydrogen (secondary N) is 1. The van der Waals surface area contributed by atoms with Gasteiger partial charge in [-0.2, -0.15) is 0 Å². The van der Waals surface area contributed by atoms with Crippen LogP contribution in [0.5, 0.6) is 5.75 Å². The molecule has 1 atom stereocenters. The van der Waals surface area contributed by atoms with Crippen molar-refractivity contribution in [2.24, 2.45) is 0 Å². The number of hydrogen-bond acceptors (Lipinski definition) is 4. The molecule has 6 heteroatoms. The van der Waals surface area contributed by atoms with Gasteiger partial charge in [0.05, 0.1) is 17.7 Å². The van der Waals surface area contributed by atoms with E-state index >= 15 is 0 Å². The number of amides is 1. The molecule has 0 fully saturated rings. The van der Waals surface area contributed by atoms with Crippen LogP contribution in [0.2, 0.25) is 0 Å². The van der Waals surface area contributed by atoms with Crippen molar-refractivity contribution in [1.82, 2.24) is 10.3 Å². The Kier molecular flexibility index (Phi) is 6.58. The Morgan fingerprint density at radius 3 is 2.67 bits per heavy atom. The summed E-state index contributed by atoms with van der Waals surface area (Å²) in [5.41, 5.74) is 1.05. The Hall–Kier alpha value is -1.66. The van der Waals surface area contributed by atoms with Crippen LogP contribution in [0.4, 0.5) is 0 Å². The fourth-order valence-corrected chi connectivity index (χ4v) is 2.23. The molecule has 2 aromatic rings. The molecule has 1 amide bonds. The second-order valence-corrected chi connectivity index (χ2v) is 5.13. The molecule has 0 aliphatic carbocycles. The molecule has 0 radical (unpaired) electrons. The van der Waals surface area contributed by atoms with Crippen molar-refractivity contribution in [3.8, 4) is 5.75 Å². The number of aromatic hydroxyl groups is 1. The highest BCUT2D eigenvalue weighted by Gasteiger charge is 2.11. The Bertz CT molecular complexity index is 632. The molecule has 21 heavy (non-hydrogen) atoms. The standard InChI is InChI=1S/C13H13BrN2O3.C2H6/c1-7(6-17)16-13(19)9-2-8-3-10(18)4-11(14)12(8)15-5-9;1-2/h2-5,7,17-18H,6H2,1H3,(H,16,19);1-2H3. The quantitative estimate of drug-likeness (QED) is 0.791. The fourth-order valence-electron chi connectivity index (χ4n) is 1.67. The van der Waals surface area contributed by atoms with Crippen molar-refractivity contribution >= 4 is 32.7 Å². The van der Waals surface area contributed by atoms with Crippen molar-refractivity contribution in [2.45, 2.75) is 26.8 Å². The number of hydrogen-bond donors (Lipinski definition) is 3. The number of pyridine rings is 1. The minimum atomic E-state index is -0.320. The number of carbonyl (C=O) groups excluding carboxylic acids is 1. The van der Waals surface area contributed by atoms with Crippen molar-refractivity contribution in [3.63, 3.8) is 0 Å². The number of aliphatic hydroxyl groups is 1. The molecule has 1 heterocycles. The van der Waals surface area contributed by atoms with Gasteiger partial charge in [0, 0.05) is 22.1 Å². The molecule has 0 saturated heterocycles. The minimum absolute atomic E-state index is 0.0995. The van der Waals surface area contributed by atoms with Crippen molar-refractivity contribution in [2.75, 3.05) is 6.61 Å². The summed E-state index contributed by atoms with van der Waals surface area (Å²) in [6, 6.07) is 4.41. The third kappa shape index (κ3) is 4.41. The van der Waals surface area contributed by atoms with Crippen molar-refractivity contribution < 1.29 is 15.0 Å². The van der Waals surface area contributed by atoms with Crippen LogP contribution in [-0.2, 0) is 0 Å². The zero-order chi connectivity index (χ0) is 16.0. The van der Waals surface area contributed by atoms with Crippen molar-refractivity contribution in [1.29, 1.82) is 0 Å². The maximum atomic E-state index is 11.9. The normalized spacial score (nSPS) is 11.5. The first-order valence-corrected chi connectivity index (χ1v) is 7.50. The lowest BCUT2D eigenvalue weighted by Gasteiger charge is -2.11. The molecule has 1 unspecified atom stereocenters. The SMILES string of the molecule is CC.CC(CO)NC(=O)c1cnc2c(Br)cc(O)cc2c1. The Balaban J connectivity index is 0.00000106. The Morgan fingerprint density at radius 1 is 1.38 bits per heavy atom. The molecule has 0 spiro atoms. The van der Waals surface area contributed by atoms with Gasteiger partial charge in [0.15, 0.2) is 0 Å². The predicted octanol–water partition coefficient (Wildman–Crippen LogP) is 2.84. The number of benzene rings is 1. The number of halogens is 1. The first-order valence-electron chi connectivity index (χ1n) is 6.71. The lowest BCUT2D eigenvalue weighted by atomic mass is 10.1. The lowest BCUT2D eigenvalue weighted by Crippen LogP contribution is -2.35. The number of rotatable bonds is 3. The van der Waals surface area contributed by atoms with Crippen molar-refractivity contribution in [3.05, 3.63) is 34.4 Å². The van der Waals surface area contributed by atoms with Crippen LogP contribution in [0.3, 0.4) is 0 Å². The number of fused-ring (bicyclic) bond motifs is 1. The van der Waals surface area contributed by atoms with E-state index in [1.165, 1.54) is 6.20 Å². The number of nitrogens with zero attached hydrogens (tertiary/aromatic N) is 1. The maximum Gasteiger partial charge on any atom is 0.253 e. The van der Waals surface area contributed by atoms with Crippen LogP contribution in [0.1, 0.15) is 31.1 Å². The number of carbonyl (C=O) groups is 1. The molecule has 3 N–H and O–H groups in total. The van der Waals surface area contributed by atoms with E-state index in [0.717, 1.165) is 0 Å². The van der Waals surface area contributed by atoms with E-state index in [-0.39, 0.29) is 24.3 Å². The average molecular weight is 355 g/mol. The summed E-state index contributed by atoms with van der Waals surface area (Å²) in [6.07, 6.45) is 1.46. The van der Waals surface area contributed by atoms with Gasteiger partial charge in [-0.1, -0.05) is 13.8 Å². The molecule has 2 rings (SSSR count). The van der Waals surface area contributed by atoms with Gasteiger partial charge in [0.1, 0.15) is 5.75 Å². The first-order chi connectivity index (χ1) is 10.0. The molecule has 1 aromatic carbocycles. The van der Waals surface area contributed by atoms with Crippen LogP contribution in [-0.4, -0.2) is 33.8 Å². The highest BCUT2D eigenvalue weighted by atomic mass is 79.9. The molecule has 114 valence electrons. The van der Waals surface area contributed by atoms with Gasteiger partial charge in [-0.05, 0) is 41.1 Å². The zero-order valence-corrected chi connectivity index (χ0v) is 13.8. The van der Waals surface area contributed by atoms with Gasteiger partial charge in [0.25, 0.3) is 5.91 Å². The summed E-state index contributed by atoms with van der Waals surface area (Å²) in [7, 11) is 0. The largest absolute Gasteiger partial charge is 0.508 e. The Labute approximate surface area is 132 Å². The minimum Gasteiger partial charge on any atom is -0.508 e. The summed E-state index contributed by atoms with van der Waals surface area (Å²) < 4.78 is 0.665. The summed E-state index contributed by atoms with van der Waals surface area (Å²) in [5.74, 6) is -0.210. The maximum absolute atomic E-state index is 11.9. The number of phenolic OH excluding ortho intramolecular Hbond substituents is 1. The molecular weight excluding hydrogens is 336 g/mol. The van der Waals surface area contributed by atoms with E-state index in [1.807, 2.05) is 13.8 Å². The molecule has 0 saturated carbocycles. The van der Waals surface area contributed by atoms with Crippen LogP contribution in [0.25, 0.3) is 10.9 Å². The van der Waals surface area contributed by atoms with E-state index in [4.69, 9.17) is 5.11 Å². The topological polar surface area (TPSA) is 82.5 Å².